The molecule has 0 radical (unpaired) electrons. The summed E-state index contributed by atoms with van der Waals surface area (Å²) in [6.45, 7) is 2.70. The van der Waals surface area contributed by atoms with Crippen LogP contribution in [0, 0.1) is 0 Å². The first-order valence-corrected chi connectivity index (χ1v) is 10.8. The van der Waals surface area contributed by atoms with Gasteiger partial charge in [0.15, 0.2) is 5.76 Å². The summed E-state index contributed by atoms with van der Waals surface area (Å²) in [6.07, 6.45) is 2.67. The number of benzene rings is 1. The number of rotatable bonds is 5. The van der Waals surface area contributed by atoms with E-state index >= 15 is 0 Å². The number of furan rings is 1. The number of amides is 1. The fourth-order valence-electron chi connectivity index (χ4n) is 3.01. The third kappa shape index (κ3) is 4.48. The summed E-state index contributed by atoms with van der Waals surface area (Å²) in [7, 11) is -3.72. The quantitative estimate of drug-likeness (QED) is 0.768. The van der Waals surface area contributed by atoms with Crippen molar-refractivity contribution in [2.24, 2.45) is 0 Å². The van der Waals surface area contributed by atoms with Crippen LogP contribution in [0.2, 0.25) is 10.0 Å². The summed E-state index contributed by atoms with van der Waals surface area (Å²) >= 11 is 12.0. The molecule has 0 aliphatic carbocycles. The van der Waals surface area contributed by atoms with Gasteiger partial charge in [-0.2, -0.15) is 4.31 Å². The minimum Gasteiger partial charge on any atom is -0.438 e. The fourth-order valence-corrected chi connectivity index (χ4v) is 5.01. The summed E-state index contributed by atoms with van der Waals surface area (Å²) in [6, 6.07) is 7.28. The van der Waals surface area contributed by atoms with E-state index in [2.05, 4.69) is 5.32 Å². The number of nitrogens with zero attached hydrogens (tertiary/aromatic N) is 1. The maximum Gasteiger partial charge on any atom is 0.287 e. The Hall–Kier alpha value is -1.54. The minimum atomic E-state index is -3.72. The Morgan fingerprint density at radius 3 is 2.52 bits per heavy atom. The predicted octanol–water partition coefficient (Wildman–Crippen LogP) is 4.25. The largest absolute Gasteiger partial charge is 0.438 e. The van der Waals surface area contributed by atoms with Crippen molar-refractivity contribution in [3.05, 3.63) is 51.7 Å². The van der Waals surface area contributed by atoms with Crippen molar-refractivity contribution in [3.63, 3.8) is 0 Å². The molecule has 1 amide bonds. The van der Waals surface area contributed by atoms with Gasteiger partial charge in [0.2, 0.25) is 5.09 Å². The average Bonchev–Trinajstić information content (AvgIpc) is 3.13. The lowest BCUT2D eigenvalue weighted by Crippen LogP contribution is -2.35. The first kappa shape index (κ1) is 20.2. The molecule has 0 spiro atoms. The first-order chi connectivity index (χ1) is 12.8. The van der Waals surface area contributed by atoms with E-state index in [0.717, 1.165) is 19.3 Å². The molecule has 146 valence electrons. The van der Waals surface area contributed by atoms with E-state index in [1.54, 1.807) is 25.1 Å². The third-order valence-electron chi connectivity index (χ3n) is 4.49. The van der Waals surface area contributed by atoms with E-state index in [1.807, 2.05) is 0 Å². The fraction of sp³-hybridized carbons (Fsp3) is 0.389. The molecule has 3 rings (SSSR count). The highest BCUT2D eigenvalue weighted by molar-refractivity contribution is 7.89. The number of carbonyl (C=O) groups is 1. The first-order valence-electron chi connectivity index (χ1n) is 8.65. The molecule has 1 fully saturated rings. The van der Waals surface area contributed by atoms with E-state index in [9.17, 15) is 13.2 Å². The van der Waals surface area contributed by atoms with Crippen LogP contribution < -0.4 is 5.32 Å². The van der Waals surface area contributed by atoms with Gasteiger partial charge in [-0.25, -0.2) is 8.42 Å². The second-order valence-corrected chi connectivity index (χ2v) is 9.16. The smallest absolute Gasteiger partial charge is 0.287 e. The Bertz CT molecular complexity index is 937. The number of hydrogen-bond acceptors (Lipinski definition) is 4. The monoisotopic (exact) mass is 430 g/mol. The number of sulfonamides is 1. The van der Waals surface area contributed by atoms with Crippen molar-refractivity contribution in [2.75, 3.05) is 13.1 Å². The number of piperidine rings is 1. The molecule has 1 saturated heterocycles. The van der Waals surface area contributed by atoms with Gasteiger partial charge < -0.3 is 9.73 Å². The molecule has 1 N–H and O–H groups in total. The zero-order valence-electron chi connectivity index (χ0n) is 14.7. The summed E-state index contributed by atoms with van der Waals surface area (Å²) < 4.78 is 32.0. The van der Waals surface area contributed by atoms with E-state index in [-0.39, 0.29) is 10.9 Å². The predicted molar refractivity (Wildman–Crippen MR) is 104 cm³/mol. The van der Waals surface area contributed by atoms with Gasteiger partial charge in [-0.05, 0) is 49.6 Å². The van der Waals surface area contributed by atoms with E-state index in [4.69, 9.17) is 27.6 Å². The van der Waals surface area contributed by atoms with Crippen LogP contribution in [0.25, 0.3) is 0 Å². The molecule has 1 unspecified atom stereocenters. The average molecular weight is 431 g/mol. The molecular weight excluding hydrogens is 411 g/mol. The minimum absolute atomic E-state index is 0.0671. The molecule has 0 saturated carbocycles. The van der Waals surface area contributed by atoms with Crippen molar-refractivity contribution in [1.82, 2.24) is 9.62 Å². The summed E-state index contributed by atoms with van der Waals surface area (Å²) in [5.41, 5.74) is 0.696. The Morgan fingerprint density at radius 1 is 1.15 bits per heavy atom. The lowest BCUT2D eigenvalue weighted by molar-refractivity contribution is 0.0906. The van der Waals surface area contributed by atoms with Crippen molar-refractivity contribution in [3.8, 4) is 0 Å². The Labute approximate surface area is 168 Å². The Morgan fingerprint density at radius 2 is 1.85 bits per heavy atom. The maximum atomic E-state index is 12.6. The van der Waals surface area contributed by atoms with Crippen LogP contribution in [0.5, 0.6) is 0 Å². The van der Waals surface area contributed by atoms with Crippen molar-refractivity contribution >= 4 is 39.1 Å². The second-order valence-electron chi connectivity index (χ2n) is 6.44. The van der Waals surface area contributed by atoms with Crippen molar-refractivity contribution in [1.29, 1.82) is 0 Å². The standard InChI is InChI=1S/C18H20Cl2N2O4S/c1-12(14-6-5-13(19)11-15(14)20)21-18(23)16-7-8-17(26-16)27(24,25)22-9-3-2-4-10-22/h5-8,11-12H,2-4,9-10H2,1H3,(H,21,23). The van der Waals surface area contributed by atoms with Gasteiger partial charge >= 0.3 is 0 Å². The van der Waals surface area contributed by atoms with Crippen LogP contribution in [0.4, 0.5) is 0 Å². The topological polar surface area (TPSA) is 79.6 Å². The van der Waals surface area contributed by atoms with E-state index in [1.165, 1.54) is 16.4 Å². The lowest BCUT2D eigenvalue weighted by Gasteiger charge is -2.24. The highest BCUT2D eigenvalue weighted by Gasteiger charge is 2.30. The summed E-state index contributed by atoms with van der Waals surface area (Å²) in [4.78, 5) is 12.4. The summed E-state index contributed by atoms with van der Waals surface area (Å²) in [5, 5.41) is 3.47. The van der Waals surface area contributed by atoms with Gasteiger partial charge in [-0.15, -0.1) is 0 Å². The molecule has 27 heavy (non-hydrogen) atoms. The molecule has 1 aromatic carbocycles. The van der Waals surface area contributed by atoms with Crippen LogP contribution in [0.1, 0.15) is 48.3 Å². The maximum absolute atomic E-state index is 12.6. The van der Waals surface area contributed by atoms with Crippen LogP contribution in [-0.4, -0.2) is 31.7 Å². The molecule has 1 aliphatic rings. The number of nitrogens with one attached hydrogen (secondary N) is 1. The molecule has 0 bridgehead atoms. The molecule has 1 atom stereocenters. The van der Waals surface area contributed by atoms with Gasteiger partial charge in [0, 0.05) is 23.1 Å². The van der Waals surface area contributed by atoms with E-state index < -0.39 is 22.0 Å². The zero-order valence-corrected chi connectivity index (χ0v) is 17.1. The lowest BCUT2D eigenvalue weighted by atomic mass is 10.1. The molecule has 2 aromatic rings. The Kier molecular flexibility index (Phi) is 6.15. The third-order valence-corrected chi connectivity index (χ3v) is 6.83. The van der Waals surface area contributed by atoms with Gasteiger partial charge in [0.25, 0.3) is 15.9 Å². The highest BCUT2D eigenvalue weighted by Crippen LogP contribution is 2.27. The molecular formula is C18H20Cl2N2O4S. The second kappa shape index (κ2) is 8.22. The van der Waals surface area contributed by atoms with Crippen LogP contribution in [0.15, 0.2) is 39.8 Å². The number of carbonyl (C=O) groups excluding carboxylic acids is 1. The molecule has 1 aromatic heterocycles. The van der Waals surface area contributed by atoms with Crippen molar-refractivity contribution in [2.45, 2.75) is 37.3 Å². The normalized spacial score (nSPS) is 16.9. The Balaban J connectivity index is 1.73. The molecule has 6 nitrogen and oxygen atoms in total. The van der Waals surface area contributed by atoms with Crippen LogP contribution in [-0.2, 0) is 10.0 Å². The van der Waals surface area contributed by atoms with Gasteiger partial charge in [0.05, 0.1) is 6.04 Å². The molecule has 9 heteroatoms. The summed E-state index contributed by atoms with van der Waals surface area (Å²) in [5.74, 6) is -0.587. The zero-order chi connectivity index (χ0) is 19.6. The number of hydrogen-bond donors (Lipinski definition) is 1. The van der Waals surface area contributed by atoms with Gasteiger partial charge in [-0.1, -0.05) is 35.7 Å². The number of halogens is 2. The van der Waals surface area contributed by atoms with Gasteiger partial charge in [0.1, 0.15) is 0 Å². The van der Waals surface area contributed by atoms with Gasteiger partial charge in [-0.3, -0.25) is 4.79 Å². The molecule has 1 aliphatic heterocycles. The van der Waals surface area contributed by atoms with Crippen molar-refractivity contribution < 1.29 is 17.6 Å². The van der Waals surface area contributed by atoms with Crippen LogP contribution in [0.3, 0.4) is 0 Å². The SMILES string of the molecule is CC(NC(=O)c1ccc(S(=O)(=O)N2CCCCC2)o1)c1ccc(Cl)cc1Cl. The van der Waals surface area contributed by atoms with Crippen LogP contribution >= 0.6 is 23.2 Å². The van der Waals surface area contributed by atoms with E-state index in [0.29, 0.717) is 28.7 Å². The molecule has 2 heterocycles. The highest BCUT2D eigenvalue weighted by atomic mass is 35.5.